The van der Waals surface area contributed by atoms with Crippen LogP contribution in [-0.4, -0.2) is 60.0 Å². The summed E-state index contributed by atoms with van der Waals surface area (Å²) in [6.45, 7) is 2.54. The van der Waals surface area contributed by atoms with Crippen molar-refractivity contribution in [2.75, 3.05) is 18.4 Å². The molecule has 0 unspecified atom stereocenters. The number of nitrogens with one attached hydrogen (secondary N) is 1. The quantitative estimate of drug-likeness (QED) is 0.356. The molecule has 0 bridgehead atoms. The van der Waals surface area contributed by atoms with E-state index in [-0.39, 0.29) is 11.8 Å². The maximum Gasteiger partial charge on any atom is 0.272 e. The second kappa shape index (κ2) is 10.5. The second-order valence-electron chi connectivity index (χ2n) is 9.55. The van der Waals surface area contributed by atoms with E-state index in [1.807, 2.05) is 35.2 Å². The molecule has 0 radical (unpaired) electrons. The number of hydrogen-bond acceptors (Lipinski definition) is 8. The molecule has 0 atom stereocenters. The molecule has 11 nitrogen and oxygen atoms in total. The molecule has 1 fully saturated rings. The molecule has 3 aromatic heterocycles. The minimum absolute atomic E-state index is 0.149. The minimum Gasteiger partial charge on any atom is -0.436 e. The lowest BCUT2D eigenvalue weighted by atomic mass is 9.92. The summed E-state index contributed by atoms with van der Waals surface area (Å²) < 4.78 is 5.92. The Labute approximate surface area is 229 Å². The third-order valence-corrected chi connectivity index (χ3v) is 6.74. The van der Waals surface area contributed by atoms with Gasteiger partial charge in [0.05, 0.1) is 7.05 Å². The maximum atomic E-state index is 13.4. The van der Waals surface area contributed by atoms with Crippen molar-refractivity contribution >= 4 is 34.2 Å². The summed E-state index contributed by atoms with van der Waals surface area (Å²) in [5.74, 6) is 0.644. The second-order valence-corrected chi connectivity index (χ2v) is 9.55. The zero-order valence-corrected chi connectivity index (χ0v) is 22.0. The SMILES string of the molecule is CC(=O)Nc1ccc2oc(-c3ccnc(C(=O)N4CCC(=C(c5ccccc5)c5nnn(C)n5)CC4)c3)nc2c1. The van der Waals surface area contributed by atoms with E-state index in [4.69, 9.17) is 4.42 Å². The van der Waals surface area contributed by atoms with Gasteiger partial charge in [-0.25, -0.2) is 4.98 Å². The first kappa shape index (κ1) is 25.1. The monoisotopic (exact) mass is 534 g/mol. The number of aromatic nitrogens is 6. The topological polar surface area (TPSA) is 132 Å². The fourth-order valence-electron chi connectivity index (χ4n) is 4.88. The van der Waals surface area contributed by atoms with Gasteiger partial charge in [-0.05, 0) is 54.0 Å². The summed E-state index contributed by atoms with van der Waals surface area (Å²) >= 11 is 0. The molecule has 2 aromatic carbocycles. The van der Waals surface area contributed by atoms with E-state index in [0.29, 0.717) is 65.7 Å². The van der Waals surface area contributed by atoms with Crippen molar-refractivity contribution < 1.29 is 14.0 Å². The van der Waals surface area contributed by atoms with Crippen LogP contribution in [0.1, 0.15) is 41.6 Å². The van der Waals surface area contributed by atoms with Crippen molar-refractivity contribution in [2.24, 2.45) is 7.05 Å². The van der Waals surface area contributed by atoms with Crippen molar-refractivity contribution in [3.05, 3.63) is 89.5 Å². The lowest BCUT2D eigenvalue weighted by Gasteiger charge is -2.29. The average molecular weight is 535 g/mol. The summed E-state index contributed by atoms with van der Waals surface area (Å²) in [4.78, 5) is 37.0. The van der Waals surface area contributed by atoms with E-state index >= 15 is 0 Å². The number of likely N-dealkylation sites (tertiary alicyclic amines) is 1. The van der Waals surface area contributed by atoms with Crippen LogP contribution in [-0.2, 0) is 11.8 Å². The number of hydrogen-bond donors (Lipinski definition) is 1. The third kappa shape index (κ3) is 5.08. The van der Waals surface area contributed by atoms with E-state index in [9.17, 15) is 9.59 Å². The Kier molecular flexibility index (Phi) is 6.61. The summed E-state index contributed by atoms with van der Waals surface area (Å²) in [5.41, 5.74) is 5.98. The maximum absolute atomic E-state index is 13.4. The fraction of sp³-hybridized carbons (Fsp3) is 0.207. The van der Waals surface area contributed by atoms with Gasteiger partial charge in [0.15, 0.2) is 5.58 Å². The molecule has 40 heavy (non-hydrogen) atoms. The van der Waals surface area contributed by atoms with Gasteiger partial charge in [-0.3, -0.25) is 14.6 Å². The molecule has 11 heteroatoms. The highest BCUT2D eigenvalue weighted by atomic mass is 16.3. The van der Waals surface area contributed by atoms with Gasteiger partial charge in [-0.15, -0.1) is 10.2 Å². The van der Waals surface area contributed by atoms with E-state index in [1.54, 1.807) is 43.6 Å². The molecule has 1 N–H and O–H groups in total. The van der Waals surface area contributed by atoms with E-state index in [1.165, 1.54) is 17.3 Å². The number of piperidine rings is 1. The molecular formula is C29H26N8O3. The van der Waals surface area contributed by atoms with Gasteiger partial charge < -0.3 is 14.6 Å². The van der Waals surface area contributed by atoms with Crippen LogP contribution in [0.15, 0.2) is 76.9 Å². The van der Waals surface area contributed by atoms with Crippen molar-refractivity contribution in [1.29, 1.82) is 0 Å². The number of carbonyl (C=O) groups is 2. The summed E-state index contributed by atoms with van der Waals surface area (Å²) in [7, 11) is 1.75. The number of benzene rings is 2. The van der Waals surface area contributed by atoms with Crippen LogP contribution in [0.2, 0.25) is 0 Å². The molecule has 0 saturated carbocycles. The van der Waals surface area contributed by atoms with Gasteiger partial charge in [0, 0.05) is 43.0 Å². The highest BCUT2D eigenvalue weighted by Crippen LogP contribution is 2.31. The molecular weight excluding hydrogens is 508 g/mol. The Morgan fingerprint density at radius 3 is 2.52 bits per heavy atom. The first-order valence-corrected chi connectivity index (χ1v) is 12.9. The van der Waals surface area contributed by atoms with Gasteiger partial charge >= 0.3 is 0 Å². The largest absolute Gasteiger partial charge is 0.436 e. The number of pyridine rings is 1. The average Bonchev–Trinajstić information content (AvgIpc) is 3.59. The summed E-state index contributed by atoms with van der Waals surface area (Å²) in [5, 5.41) is 15.5. The van der Waals surface area contributed by atoms with Crippen molar-refractivity contribution in [2.45, 2.75) is 19.8 Å². The molecule has 0 aliphatic carbocycles. The Balaban J connectivity index is 1.22. The number of aryl methyl sites for hydroxylation is 1. The zero-order chi connectivity index (χ0) is 27.6. The van der Waals surface area contributed by atoms with Gasteiger partial charge in [0.2, 0.25) is 17.6 Å². The van der Waals surface area contributed by atoms with Crippen molar-refractivity contribution in [3.63, 3.8) is 0 Å². The standard InChI is InChI=1S/C29H26N8O3/c1-18(38)31-22-8-9-25-23(17-22)32-28(40-25)21-10-13-30-24(16-21)29(39)37-14-11-20(12-15-37)26(19-6-4-3-5-7-19)27-33-35-36(2)34-27/h3-10,13,16-17H,11-12,14-15H2,1-2H3,(H,31,38). The summed E-state index contributed by atoms with van der Waals surface area (Å²) in [6, 6.07) is 18.7. The van der Waals surface area contributed by atoms with Gasteiger partial charge in [-0.2, -0.15) is 4.80 Å². The molecule has 0 spiro atoms. The zero-order valence-electron chi connectivity index (χ0n) is 22.0. The van der Waals surface area contributed by atoms with Gasteiger partial charge in [-0.1, -0.05) is 35.9 Å². The first-order chi connectivity index (χ1) is 19.4. The van der Waals surface area contributed by atoms with Crippen LogP contribution < -0.4 is 5.32 Å². The molecule has 1 aliphatic rings. The minimum atomic E-state index is -0.164. The number of anilines is 1. The van der Waals surface area contributed by atoms with Crippen LogP contribution in [0.4, 0.5) is 5.69 Å². The van der Waals surface area contributed by atoms with Crippen molar-refractivity contribution in [3.8, 4) is 11.5 Å². The van der Waals surface area contributed by atoms with Crippen LogP contribution >= 0.6 is 0 Å². The smallest absolute Gasteiger partial charge is 0.272 e. The Bertz CT molecular complexity index is 1750. The molecule has 1 aliphatic heterocycles. The molecule has 2 amide bonds. The first-order valence-electron chi connectivity index (χ1n) is 12.9. The number of oxazole rings is 1. The highest BCUT2D eigenvalue weighted by Gasteiger charge is 2.26. The van der Waals surface area contributed by atoms with E-state index < -0.39 is 0 Å². The van der Waals surface area contributed by atoms with Crippen LogP contribution in [0.3, 0.4) is 0 Å². The lowest BCUT2D eigenvalue weighted by molar-refractivity contribution is -0.114. The third-order valence-electron chi connectivity index (χ3n) is 6.74. The molecule has 1 saturated heterocycles. The number of nitrogens with zero attached hydrogens (tertiary/aromatic N) is 7. The Morgan fingerprint density at radius 1 is 1.00 bits per heavy atom. The fourth-order valence-corrected chi connectivity index (χ4v) is 4.88. The van der Waals surface area contributed by atoms with Crippen LogP contribution in [0, 0.1) is 0 Å². The molecule has 200 valence electrons. The Morgan fingerprint density at radius 2 is 1.80 bits per heavy atom. The highest BCUT2D eigenvalue weighted by molar-refractivity contribution is 5.94. The van der Waals surface area contributed by atoms with Gasteiger partial charge in [0.25, 0.3) is 5.91 Å². The number of rotatable bonds is 5. The van der Waals surface area contributed by atoms with Gasteiger partial charge in [0.1, 0.15) is 11.2 Å². The predicted octanol–water partition coefficient (Wildman–Crippen LogP) is 4.11. The summed E-state index contributed by atoms with van der Waals surface area (Å²) in [6.07, 6.45) is 2.97. The Hall–Kier alpha value is -5.19. The number of amides is 2. The van der Waals surface area contributed by atoms with E-state index in [0.717, 1.165) is 11.1 Å². The van der Waals surface area contributed by atoms with Crippen molar-refractivity contribution in [1.82, 2.24) is 35.1 Å². The molecule has 4 heterocycles. The lowest BCUT2D eigenvalue weighted by Crippen LogP contribution is -2.37. The normalized spacial score (nSPS) is 13.4. The number of fused-ring (bicyclic) bond motifs is 1. The molecule has 6 rings (SSSR count). The van der Waals surface area contributed by atoms with Crippen LogP contribution in [0.25, 0.3) is 28.1 Å². The number of tetrazole rings is 1. The van der Waals surface area contributed by atoms with Crippen LogP contribution in [0.5, 0.6) is 0 Å². The van der Waals surface area contributed by atoms with E-state index in [2.05, 4.69) is 30.7 Å². The molecule has 5 aromatic rings. The predicted molar refractivity (Wildman–Crippen MR) is 148 cm³/mol. The number of carbonyl (C=O) groups excluding carboxylic acids is 2.